The summed E-state index contributed by atoms with van der Waals surface area (Å²) >= 11 is 0. The van der Waals surface area contributed by atoms with Crippen LogP contribution in [0.5, 0.6) is 0 Å². The molecule has 8 heteroatoms. The fraction of sp³-hybridized carbons (Fsp3) is 1.00. The second-order valence-electron chi connectivity index (χ2n) is 7.64. The van der Waals surface area contributed by atoms with Gasteiger partial charge in [0.05, 0.1) is 19.1 Å². The first kappa shape index (κ1) is 26.7. The average molecular weight is 418 g/mol. The maximum Gasteiger partial charge on any atom is 0.485 e. The maximum atomic E-state index is 10.7. The topological polar surface area (TPSA) is 61.6 Å². The molecule has 0 radical (unpaired) electrons. The van der Waals surface area contributed by atoms with E-state index in [0.29, 0.717) is 0 Å². The van der Waals surface area contributed by atoms with E-state index in [1.807, 2.05) is 4.90 Å². The molecular formula is C19H38F3NO3S. The van der Waals surface area contributed by atoms with Crippen molar-refractivity contribution in [3.05, 3.63) is 0 Å². The molecule has 4 nitrogen and oxygen atoms in total. The predicted molar refractivity (Wildman–Crippen MR) is 102 cm³/mol. The highest BCUT2D eigenvalue weighted by Gasteiger charge is 2.36. The first-order chi connectivity index (χ1) is 12.6. The summed E-state index contributed by atoms with van der Waals surface area (Å²) in [5.41, 5.74) is -5.65. The van der Waals surface area contributed by atoms with Crippen molar-refractivity contribution in [1.82, 2.24) is 0 Å². The normalized spacial score (nSPS) is 20.8. The number of quaternary nitrogens is 1. The van der Waals surface area contributed by atoms with E-state index in [1.165, 1.54) is 96.6 Å². The van der Waals surface area contributed by atoms with Gasteiger partial charge in [0.1, 0.15) is 0 Å². The Bertz CT molecular complexity index is 456. The predicted octanol–water partition coefficient (Wildman–Crippen LogP) is 4.42. The Kier molecular flexibility index (Phi) is 14.4. The van der Waals surface area contributed by atoms with Gasteiger partial charge in [-0.15, -0.1) is 0 Å². The number of nitrogens with one attached hydrogen (secondary N) is 1. The third-order valence-corrected chi connectivity index (χ3v) is 5.78. The van der Waals surface area contributed by atoms with Gasteiger partial charge in [-0.2, -0.15) is 13.2 Å². The minimum atomic E-state index is -6.09. The van der Waals surface area contributed by atoms with Crippen LogP contribution in [0.25, 0.3) is 0 Å². The number of halogens is 3. The quantitative estimate of drug-likeness (QED) is 0.308. The summed E-state index contributed by atoms with van der Waals surface area (Å²) < 4.78 is 58.9. The first-order valence-corrected chi connectivity index (χ1v) is 11.9. The molecule has 0 spiro atoms. The molecule has 164 valence electrons. The van der Waals surface area contributed by atoms with Crippen LogP contribution in [0.2, 0.25) is 0 Å². The maximum absolute atomic E-state index is 10.7. The van der Waals surface area contributed by atoms with E-state index >= 15 is 0 Å². The van der Waals surface area contributed by atoms with Gasteiger partial charge in [0.2, 0.25) is 0 Å². The number of piperidine rings is 1. The van der Waals surface area contributed by atoms with E-state index in [4.69, 9.17) is 13.0 Å². The summed E-state index contributed by atoms with van der Waals surface area (Å²) in [7, 11) is -6.09. The third-order valence-electron chi connectivity index (χ3n) is 5.22. The van der Waals surface area contributed by atoms with Crippen molar-refractivity contribution in [3.63, 3.8) is 0 Å². The Morgan fingerprint density at radius 1 is 0.926 bits per heavy atom. The smallest absolute Gasteiger partial charge is 0.485 e. The minimum absolute atomic E-state index is 0.937. The van der Waals surface area contributed by atoms with Gasteiger partial charge >= 0.3 is 5.51 Å². The van der Waals surface area contributed by atoms with E-state index in [1.54, 1.807) is 0 Å². The Hall–Kier alpha value is -0.340. The Labute approximate surface area is 163 Å². The summed E-state index contributed by atoms with van der Waals surface area (Å²) in [5, 5.41) is 0. The summed E-state index contributed by atoms with van der Waals surface area (Å²) in [5.74, 6) is 0. The Morgan fingerprint density at radius 3 is 1.78 bits per heavy atom. The lowest BCUT2D eigenvalue weighted by Crippen LogP contribution is -3.16. The van der Waals surface area contributed by atoms with Crippen molar-refractivity contribution < 1.29 is 31.0 Å². The van der Waals surface area contributed by atoms with Crippen LogP contribution in [-0.4, -0.2) is 37.6 Å². The van der Waals surface area contributed by atoms with E-state index in [2.05, 4.69) is 13.8 Å². The van der Waals surface area contributed by atoms with Crippen LogP contribution >= 0.6 is 0 Å². The van der Waals surface area contributed by atoms with Crippen molar-refractivity contribution in [2.45, 2.75) is 109 Å². The number of unbranched alkanes of at least 4 members (excludes halogenated alkanes) is 9. The molecule has 0 aliphatic carbocycles. The molecule has 0 bridgehead atoms. The van der Waals surface area contributed by atoms with Crippen molar-refractivity contribution in [3.8, 4) is 0 Å². The van der Waals surface area contributed by atoms with E-state index in [9.17, 15) is 13.2 Å². The summed E-state index contributed by atoms with van der Waals surface area (Å²) in [6.45, 7) is 7.63. The van der Waals surface area contributed by atoms with E-state index in [0.717, 1.165) is 6.04 Å². The van der Waals surface area contributed by atoms with Gasteiger partial charge < -0.3 is 9.45 Å². The SMILES string of the molecule is CCCCCCCCCCCC[NH+]1CCCCC1C.O=S(=O)([O-])C(F)(F)F. The van der Waals surface area contributed by atoms with Crippen LogP contribution in [-0.2, 0) is 10.1 Å². The van der Waals surface area contributed by atoms with Crippen LogP contribution < -0.4 is 4.90 Å². The minimum Gasteiger partial charge on any atom is -0.741 e. The molecule has 0 amide bonds. The fourth-order valence-electron chi connectivity index (χ4n) is 3.46. The molecule has 0 aromatic carbocycles. The third kappa shape index (κ3) is 14.3. The van der Waals surface area contributed by atoms with Crippen molar-refractivity contribution >= 4 is 10.1 Å². The van der Waals surface area contributed by atoms with Crippen molar-refractivity contribution in [1.29, 1.82) is 0 Å². The lowest BCUT2D eigenvalue weighted by molar-refractivity contribution is -0.928. The average Bonchev–Trinajstić information content (AvgIpc) is 2.57. The van der Waals surface area contributed by atoms with Gasteiger partial charge in [-0.3, -0.25) is 0 Å². The van der Waals surface area contributed by atoms with Crippen LogP contribution in [0, 0.1) is 0 Å². The molecule has 1 fully saturated rings. The fourth-order valence-corrected chi connectivity index (χ4v) is 3.46. The number of hydrogen-bond acceptors (Lipinski definition) is 3. The monoisotopic (exact) mass is 417 g/mol. The molecule has 2 unspecified atom stereocenters. The van der Waals surface area contributed by atoms with Gasteiger partial charge in [0, 0.05) is 0 Å². The zero-order chi connectivity index (χ0) is 20.8. The molecule has 1 rings (SSSR count). The zero-order valence-corrected chi connectivity index (χ0v) is 17.8. The summed E-state index contributed by atoms with van der Waals surface area (Å²) in [6, 6.07) is 0.937. The summed E-state index contributed by atoms with van der Waals surface area (Å²) in [6.07, 6.45) is 19.0. The lowest BCUT2D eigenvalue weighted by Gasteiger charge is -2.30. The molecule has 0 aromatic heterocycles. The first-order valence-electron chi connectivity index (χ1n) is 10.5. The molecule has 1 N–H and O–H groups in total. The van der Waals surface area contributed by atoms with Gasteiger partial charge in [-0.05, 0) is 39.0 Å². The van der Waals surface area contributed by atoms with E-state index < -0.39 is 15.6 Å². The largest absolute Gasteiger partial charge is 0.741 e. The second-order valence-corrected chi connectivity index (χ2v) is 9.01. The number of rotatable bonds is 11. The van der Waals surface area contributed by atoms with Crippen molar-refractivity contribution in [2.75, 3.05) is 13.1 Å². The zero-order valence-electron chi connectivity index (χ0n) is 17.0. The summed E-state index contributed by atoms with van der Waals surface area (Å²) in [4.78, 5) is 1.89. The van der Waals surface area contributed by atoms with Crippen LogP contribution in [0.3, 0.4) is 0 Å². The van der Waals surface area contributed by atoms with Crippen LogP contribution in [0.4, 0.5) is 13.2 Å². The number of hydrogen-bond donors (Lipinski definition) is 1. The van der Waals surface area contributed by atoms with Gasteiger partial charge in [0.25, 0.3) is 0 Å². The molecule has 1 saturated heterocycles. The molecule has 0 saturated carbocycles. The molecule has 1 aliphatic heterocycles. The van der Waals surface area contributed by atoms with Gasteiger partial charge in [0.15, 0.2) is 10.1 Å². The van der Waals surface area contributed by atoms with Crippen LogP contribution in [0.1, 0.15) is 97.3 Å². The van der Waals surface area contributed by atoms with E-state index in [-0.39, 0.29) is 0 Å². The molecule has 2 atom stereocenters. The van der Waals surface area contributed by atoms with Crippen molar-refractivity contribution in [2.24, 2.45) is 0 Å². The molecule has 27 heavy (non-hydrogen) atoms. The van der Waals surface area contributed by atoms with Gasteiger partial charge in [-0.1, -0.05) is 58.3 Å². The van der Waals surface area contributed by atoms with Gasteiger partial charge in [-0.25, -0.2) is 8.42 Å². The second kappa shape index (κ2) is 14.6. The Morgan fingerprint density at radius 2 is 1.37 bits per heavy atom. The molecule has 1 heterocycles. The van der Waals surface area contributed by atoms with Crippen LogP contribution in [0.15, 0.2) is 0 Å². The molecular weight excluding hydrogens is 379 g/mol. The number of alkyl halides is 3. The molecule has 1 aliphatic rings. The highest BCUT2D eigenvalue weighted by Crippen LogP contribution is 2.20. The highest BCUT2D eigenvalue weighted by molar-refractivity contribution is 7.86. The number of likely N-dealkylation sites (tertiary alicyclic amines) is 1. The lowest BCUT2D eigenvalue weighted by atomic mass is 10.0. The molecule has 0 aromatic rings. The Balaban J connectivity index is 0.000000713. The highest BCUT2D eigenvalue weighted by atomic mass is 32.2. The standard InChI is InChI=1S/C18H37N.CHF3O3S/c1-3-4-5-6-7-8-9-10-11-13-16-19-17-14-12-15-18(19)2;2-1(3,4)8(5,6)7/h18H,3-17H2,1-2H3;(H,5,6,7).